The zero-order valence-corrected chi connectivity index (χ0v) is 16.2. The van der Waals surface area contributed by atoms with Crippen molar-refractivity contribution < 1.29 is 44.1 Å². The fourth-order valence-corrected chi connectivity index (χ4v) is 2.13. The van der Waals surface area contributed by atoms with Crippen molar-refractivity contribution in [3.8, 4) is 0 Å². The molecule has 3 atom stereocenters. The largest absolute Gasteiger partial charge is 0.481 e. The zero-order valence-electron chi connectivity index (χ0n) is 15.3. The van der Waals surface area contributed by atoms with E-state index in [0.717, 1.165) is 0 Å². The van der Waals surface area contributed by atoms with Crippen LogP contribution < -0.4 is 21.7 Å². The molecule has 0 fully saturated rings. The summed E-state index contributed by atoms with van der Waals surface area (Å²) in [5, 5.41) is 32.8. The highest BCUT2D eigenvalue weighted by Crippen LogP contribution is 2.00. The number of carbonyl (C=O) groups is 6. The molecule has 0 bridgehead atoms. The normalized spacial score (nSPS) is 13.4. The number of nitrogens with one attached hydrogen (secondary N) is 3. The summed E-state index contributed by atoms with van der Waals surface area (Å²) in [6.45, 7) is -0.673. The van der Waals surface area contributed by atoms with Gasteiger partial charge in [0.05, 0.1) is 12.6 Å². The van der Waals surface area contributed by atoms with Gasteiger partial charge in [0.2, 0.25) is 17.7 Å². The molecule has 0 rings (SSSR count). The van der Waals surface area contributed by atoms with Crippen LogP contribution in [-0.4, -0.2) is 81.4 Å². The molecular weight excluding hydrogens is 412 g/mol. The second-order valence-corrected chi connectivity index (χ2v) is 6.26. The smallest absolute Gasteiger partial charge is 0.326 e. The van der Waals surface area contributed by atoms with E-state index in [1.807, 2.05) is 0 Å². The van der Waals surface area contributed by atoms with Crippen LogP contribution in [0.25, 0.3) is 0 Å². The Balaban J connectivity index is 4.82. The molecule has 13 nitrogen and oxygen atoms in total. The first-order chi connectivity index (χ1) is 13.5. The van der Waals surface area contributed by atoms with E-state index in [-0.39, 0.29) is 18.6 Å². The number of aliphatic carboxylic acids is 3. The number of carbonyl (C=O) groups excluding carboxylic acids is 3. The molecule has 164 valence electrons. The minimum Gasteiger partial charge on any atom is -0.481 e. The number of nitrogens with two attached hydrogens (primary N) is 1. The third-order valence-electron chi connectivity index (χ3n) is 3.52. The van der Waals surface area contributed by atoms with Gasteiger partial charge in [0, 0.05) is 18.6 Å². The van der Waals surface area contributed by atoms with Gasteiger partial charge in [0.15, 0.2) is 0 Å². The number of rotatable bonds is 14. The number of thiol groups is 1. The van der Waals surface area contributed by atoms with E-state index in [1.54, 1.807) is 0 Å². The molecule has 0 aromatic carbocycles. The minimum absolute atomic E-state index is 0.0194. The Bertz CT molecular complexity index is 643. The van der Waals surface area contributed by atoms with Crippen molar-refractivity contribution in [2.45, 2.75) is 43.8 Å². The Labute approximate surface area is 170 Å². The molecule has 0 aromatic heterocycles. The molecular formula is C15H24N4O9S. The van der Waals surface area contributed by atoms with Crippen molar-refractivity contribution in [1.82, 2.24) is 16.0 Å². The van der Waals surface area contributed by atoms with Crippen LogP contribution in [0.1, 0.15) is 25.7 Å². The lowest BCUT2D eigenvalue weighted by atomic mass is 10.1. The molecule has 14 heteroatoms. The van der Waals surface area contributed by atoms with E-state index in [9.17, 15) is 28.8 Å². The molecule has 3 unspecified atom stereocenters. The average Bonchev–Trinajstić information content (AvgIpc) is 2.64. The molecule has 29 heavy (non-hydrogen) atoms. The Morgan fingerprint density at radius 2 is 1.34 bits per heavy atom. The SMILES string of the molecule is NC(CS)C(=O)NC(CCC(=O)O)C(=O)NCC(=O)NC(CCC(=O)O)C(=O)O. The van der Waals surface area contributed by atoms with Crippen molar-refractivity contribution >= 4 is 48.3 Å². The van der Waals surface area contributed by atoms with Gasteiger partial charge in [0.25, 0.3) is 0 Å². The van der Waals surface area contributed by atoms with Crippen molar-refractivity contribution in [2.24, 2.45) is 5.73 Å². The Hall–Kier alpha value is -2.87. The summed E-state index contributed by atoms with van der Waals surface area (Å²) in [7, 11) is 0. The van der Waals surface area contributed by atoms with Crippen LogP contribution in [0.3, 0.4) is 0 Å². The second kappa shape index (κ2) is 13.3. The molecule has 0 saturated carbocycles. The number of hydrogen-bond donors (Lipinski definition) is 8. The van der Waals surface area contributed by atoms with Gasteiger partial charge in [-0.2, -0.15) is 12.6 Å². The van der Waals surface area contributed by atoms with Gasteiger partial charge in [-0.3, -0.25) is 24.0 Å². The van der Waals surface area contributed by atoms with Gasteiger partial charge in [-0.15, -0.1) is 0 Å². The lowest BCUT2D eigenvalue weighted by Crippen LogP contribution is -2.54. The van der Waals surface area contributed by atoms with Gasteiger partial charge >= 0.3 is 17.9 Å². The van der Waals surface area contributed by atoms with E-state index in [0.29, 0.717) is 0 Å². The summed E-state index contributed by atoms with van der Waals surface area (Å²) >= 11 is 3.84. The molecule has 0 aromatic rings. The Kier molecular flexibility index (Phi) is 12.0. The molecule has 0 aliphatic carbocycles. The Morgan fingerprint density at radius 3 is 1.79 bits per heavy atom. The second-order valence-electron chi connectivity index (χ2n) is 5.89. The van der Waals surface area contributed by atoms with Gasteiger partial charge < -0.3 is 37.0 Å². The summed E-state index contributed by atoms with van der Waals surface area (Å²) in [5.41, 5.74) is 5.48. The minimum atomic E-state index is -1.47. The standard InChI is InChI=1S/C15H24N4O9S/c16-7(6-29)13(25)19-8(1-3-11(21)22)14(26)17-5-10(20)18-9(15(27)28)2-4-12(23)24/h7-9,29H,1-6,16H2,(H,17,26)(H,18,20)(H,19,25)(H,21,22)(H,23,24)(H,27,28). The van der Waals surface area contributed by atoms with Gasteiger partial charge in [-0.05, 0) is 12.8 Å². The van der Waals surface area contributed by atoms with Crippen molar-refractivity contribution in [2.75, 3.05) is 12.3 Å². The van der Waals surface area contributed by atoms with E-state index in [1.165, 1.54) is 0 Å². The van der Waals surface area contributed by atoms with Crippen molar-refractivity contribution in [1.29, 1.82) is 0 Å². The highest BCUT2D eigenvalue weighted by Gasteiger charge is 2.25. The predicted octanol–water partition coefficient (Wildman–Crippen LogP) is -2.86. The third kappa shape index (κ3) is 11.5. The first-order valence-corrected chi connectivity index (χ1v) is 9.01. The van der Waals surface area contributed by atoms with Crippen LogP contribution in [0, 0.1) is 0 Å². The molecule has 0 radical (unpaired) electrons. The first kappa shape index (κ1) is 26.1. The summed E-state index contributed by atoms with van der Waals surface area (Å²) in [4.78, 5) is 68.1. The molecule has 0 spiro atoms. The van der Waals surface area contributed by atoms with E-state index in [4.69, 9.17) is 21.1 Å². The quantitative estimate of drug-likeness (QED) is 0.130. The van der Waals surface area contributed by atoms with E-state index < -0.39 is 73.1 Å². The maximum atomic E-state index is 12.2. The maximum Gasteiger partial charge on any atom is 0.326 e. The third-order valence-corrected chi connectivity index (χ3v) is 3.91. The van der Waals surface area contributed by atoms with Crippen LogP contribution in [0.2, 0.25) is 0 Å². The molecule has 0 heterocycles. The summed E-state index contributed by atoms with van der Waals surface area (Å²) in [6, 6.07) is -3.79. The number of carboxylic acid groups (broad SMARTS) is 3. The number of hydrogen-bond acceptors (Lipinski definition) is 8. The molecule has 3 amide bonds. The van der Waals surface area contributed by atoms with Crippen molar-refractivity contribution in [3.05, 3.63) is 0 Å². The van der Waals surface area contributed by atoms with Gasteiger partial charge in [-0.25, -0.2) is 4.79 Å². The highest BCUT2D eigenvalue weighted by atomic mass is 32.1. The van der Waals surface area contributed by atoms with Crippen LogP contribution in [0.4, 0.5) is 0 Å². The van der Waals surface area contributed by atoms with E-state index in [2.05, 4.69) is 28.6 Å². The van der Waals surface area contributed by atoms with E-state index >= 15 is 0 Å². The first-order valence-electron chi connectivity index (χ1n) is 8.38. The van der Waals surface area contributed by atoms with Crippen molar-refractivity contribution in [3.63, 3.8) is 0 Å². The van der Waals surface area contributed by atoms with Crippen LogP contribution in [0.5, 0.6) is 0 Å². The predicted molar refractivity (Wildman–Crippen MR) is 100 cm³/mol. The highest BCUT2D eigenvalue weighted by molar-refractivity contribution is 7.80. The lowest BCUT2D eigenvalue weighted by molar-refractivity contribution is -0.143. The van der Waals surface area contributed by atoms with Crippen LogP contribution in [0.15, 0.2) is 0 Å². The van der Waals surface area contributed by atoms with Crippen LogP contribution >= 0.6 is 12.6 Å². The summed E-state index contributed by atoms with van der Waals surface area (Å²) < 4.78 is 0. The summed E-state index contributed by atoms with van der Waals surface area (Å²) in [5.74, 6) is -6.45. The average molecular weight is 436 g/mol. The molecule has 0 saturated heterocycles. The molecule has 8 N–H and O–H groups in total. The fourth-order valence-electron chi connectivity index (χ4n) is 1.96. The number of carboxylic acids is 3. The zero-order chi connectivity index (χ0) is 22.6. The van der Waals surface area contributed by atoms with Gasteiger partial charge in [0.1, 0.15) is 12.1 Å². The topological polar surface area (TPSA) is 225 Å². The number of amides is 3. The lowest BCUT2D eigenvalue weighted by Gasteiger charge is -2.20. The molecule has 0 aliphatic rings. The summed E-state index contributed by atoms with van der Waals surface area (Å²) in [6.07, 6.45) is -1.57. The fraction of sp³-hybridized carbons (Fsp3) is 0.600. The van der Waals surface area contributed by atoms with Gasteiger partial charge in [-0.1, -0.05) is 0 Å². The Morgan fingerprint density at radius 1 is 0.828 bits per heavy atom. The van der Waals surface area contributed by atoms with Crippen LogP contribution in [-0.2, 0) is 28.8 Å². The maximum absolute atomic E-state index is 12.2. The monoisotopic (exact) mass is 436 g/mol. The molecule has 0 aliphatic heterocycles.